The van der Waals surface area contributed by atoms with E-state index in [1.54, 1.807) is 0 Å². The minimum atomic E-state index is 0.605. The van der Waals surface area contributed by atoms with Crippen LogP contribution in [0.3, 0.4) is 0 Å². The summed E-state index contributed by atoms with van der Waals surface area (Å²) >= 11 is 0. The smallest absolute Gasteiger partial charge is 0.119 e. The minimum Gasteiger partial charge on any atom is -0.494 e. The van der Waals surface area contributed by atoms with Gasteiger partial charge in [0, 0.05) is 11.5 Å². The van der Waals surface area contributed by atoms with Gasteiger partial charge in [0.05, 0.1) is 6.61 Å². The average molecular weight is 381 g/mol. The van der Waals surface area contributed by atoms with Gasteiger partial charge in [-0.2, -0.15) is 0 Å². The Labute approximate surface area is 173 Å². The molecule has 0 spiro atoms. The Balaban J connectivity index is 1.40. The van der Waals surface area contributed by atoms with E-state index in [2.05, 4.69) is 50.0 Å². The van der Waals surface area contributed by atoms with Gasteiger partial charge >= 0.3 is 0 Å². The van der Waals surface area contributed by atoms with Crippen LogP contribution in [0.25, 0.3) is 0 Å². The first kappa shape index (κ1) is 21.3. The summed E-state index contributed by atoms with van der Waals surface area (Å²) in [6, 6.07) is 8.33. The molecule has 1 heteroatoms. The van der Waals surface area contributed by atoms with E-state index < -0.39 is 0 Å². The van der Waals surface area contributed by atoms with Crippen molar-refractivity contribution in [2.75, 3.05) is 6.61 Å². The zero-order chi connectivity index (χ0) is 19.6. The lowest BCUT2D eigenvalue weighted by molar-refractivity contribution is 0.154. The number of benzene rings is 1. The van der Waals surface area contributed by atoms with Crippen LogP contribution in [0.2, 0.25) is 0 Å². The van der Waals surface area contributed by atoms with Crippen molar-refractivity contribution < 1.29 is 4.74 Å². The van der Waals surface area contributed by atoms with E-state index in [0.717, 1.165) is 42.1 Å². The van der Waals surface area contributed by atoms with Crippen LogP contribution in [0.4, 0.5) is 0 Å². The predicted molar refractivity (Wildman–Crippen MR) is 120 cm³/mol. The van der Waals surface area contributed by atoms with Gasteiger partial charge in [-0.15, -0.1) is 0 Å². The van der Waals surface area contributed by atoms with E-state index in [4.69, 9.17) is 4.74 Å². The van der Waals surface area contributed by atoms with Crippen molar-refractivity contribution in [3.05, 3.63) is 29.8 Å². The van der Waals surface area contributed by atoms with Gasteiger partial charge in [-0.1, -0.05) is 57.8 Å². The van der Waals surface area contributed by atoms with Crippen LogP contribution in [0.5, 0.6) is 5.75 Å². The molecule has 0 saturated heterocycles. The second kappa shape index (κ2) is 11.5. The minimum absolute atomic E-state index is 0.605. The molecule has 1 aromatic carbocycles. The summed E-state index contributed by atoms with van der Waals surface area (Å²) in [4.78, 5) is 0. The van der Waals surface area contributed by atoms with Crippen molar-refractivity contribution in [1.82, 2.24) is 0 Å². The Morgan fingerprint density at radius 3 is 2.07 bits per heavy atom. The average Bonchev–Trinajstić information content (AvgIpc) is 2.75. The quantitative estimate of drug-likeness (QED) is 0.349. The second-order valence-electron chi connectivity index (χ2n) is 9.18. The molecule has 2 saturated carbocycles. The van der Waals surface area contributed by atoms with Crippen LogP contribution in [0.1, 0.15) is 96.5 Å². The van der Waals surface area contributed by atoms with Gasteiger partial charge in [0.25, 0.3) is 0 Å². The lowest BCUT2D eigenvalue weighted by atomic mass is 9.69. The predicted octanol–water partition coefficient (Wildman–Crippen LogP) is 7.63. The number of hydrogen-bond donors (Lipinski definition) is 0. The van der Waals surface area contributed by atoms with Crippen LogP contribution in [0, 0.1) is 35.5 Å². The van der Waals surface area contributed by atoms with Crippen molar-refractivity contribution in [3.8, 4) is 17.6 Å². The molecule has 154 valence electrons. The van der Waals surface area contributed by atoms with Gasteiger partial charge in [0.2, 0.25) is 0 Å². The number of ether oxygens (including phenoxy) is 1. The molecule has 0 N–H and O–H groups in total. The molecule has 1 aromatic rings. The van der Waals surface area contributed by atoms with Crippen LogP contribution >= 0.6 is 0 Å². The first-order valence-corrected chi connectivity index (χ1v) is 12.0. The Kier molecular flexibility index (Phi) is 8.78. The Hall–Kier alpha value is -1.42. The third-order valence-electron chi connectivity index (χ3n) is 7.07. The number of rotatable bonds is 7. The third-order valence-corrected chi connectivity index (χ3v) is 7.07. The highest BCUT2D eigenvalue weighted by Crippen LogP contribution is 2.42. The molecule has 2 aliphatic carbocycles. The van der Waals surface area contributed by atoms with Crippen LogP contribution in [0.15, 0.2) is 24.3 Å². The van der Waals surface area contributed by atoms with Crippen molar-refractivity contribution in [2.24, 2.45) is 23.7 Å². The Morgan fingerprint density at radius 1 is 0.821 bits per heavy atom. The second-order valence-corrected chi connectivity index (χ2v) is 9.18. The molecule has 0 amide bonds. The van der Waals surface area contributed by atoms with Gasteiger partial charge in [0.1, 0.15) is 5.75 Å². The van der Waals surface area contributed by atoms with Gasteiger partial charge in [-0.05, 0) is 87.0 Å². The summed E-state index contributed by atoms with van der Waals surface area (Å²) in [6.07, 6.45) is 16.5. The van der Waals surface area contributed by atoms with E-state index in [0.29, 0.717) is 5.92 Å². The molecule has 1 nitrogen and oxygen atoms in total. The molecule has 0 aromatic heterocycles. The summed E-state index contributed by atoms with van der Waals surface area (Å²) in [7, 11) is 0. The van der Waals surface area contributed by atoms with Crippen molar-refractivity contribution >= 4 is 0 Å². The largest absolute Gasteiger partial charge is 0.494 e. The summed E-state index contributed by atoms with van der Waals surface area (Å²) in [5.74, 6) is 11.6. The van der Waals surface area contributed by atoms with E-state index in [9.17, 15) is 0 Å². The van der Waals surface area contributed by atoms with Crippen LogP contribution < -0.4 is 4.74 Å². The molecular formula is C27H40O. The molecule has 0 heterocycles. The van der Waals surface area contributed by atoms with Gasteiger partial charge in [-0.25, -0.2) is 0 Å². The van der Waals surface area contributed by atoms with Crippen LogP contribution in [-0.4, -0.2) is 6.61 Å². The summed E-state index contributed by atoms with van der Waals surface area (Å²) in [5.41, 5.74) is 1.12. The molecule has 2 fully saturated rings. The van der Waals surface area contributed by atoms with Gasteiger partial charge in [0.15, 0.2) is 0 Å². The monoisotopic (exact) mass is 380 g/mol. The molecule has 2 aliphatic rings. The molecule has 0 aliphatic heterocycles. The fraction of sp³-hybridized carbons (Fsp3) is 0.704. The fourth-order valence-electron chi connectivity index (χ4n) is 5.25. The number of hydrogen-bond acceptors (Lipinski definition) is 1. The molecule has 0 atom stereocenters. The highest BCUT2D eigenvalue weighted by Gasteiger charge is 2.30. The lowest BCUT2D eigenvalue weighted by Crippen LogP contribution is -2.25. The lowest BCUT2D eigenvalue weighted by Gasteiger charge is -2.37. The maximum Gasteiger partial charge on any atom is 0.119 e. The topological polar surface area (TPSA) is 9.23 Å². The van der Waals surface area contributed by atoms with Crippen molar-refractivity contribution in [3.63, 3.8) is 0 Å². The molecule has 0 radical (unpaired) electrons. The third kappa shape index (κ3) is 6.58. The highest BCUT2D eigenvalue weighted by atomic mass is 16.5. The zero-order valence-corrected chi connectivity index (χ0v) is 18.2. The first-order chi connectivity index (χ1) is 13.8. The normalized spacial score (nSPS) is 27.6. The van der Waals surface area contributed by atoms with Crippen molar-refractivity contribution in [2.45, 2.75) is 90.9 Å². The zero-order valence-electron chi connectivity index (χ0n) is 18.2. The first-order valence-electron chi connectivity index (χ1n) is 12.0. The van der Waals surface area contributed by atoms with Gasteiger partial charge < -0.3 is 4.74 Å². The molecular weight excluding hydrogens is 340 g/mol. The Morgan fingerprint density at radius 2 is 1.46 bits per heavy atom. The summed E-state index contributed by atoms with van der Waals surface area (Å²) in [5, 5.41) is 0. The van der Waals surface area contributed by atoms with E-state index in [-0.39, 0.29) is 0 Å². The molecule has 28 heavy (non-hydrogen) atoms. The fourth-order valence-corrected chi connectivity index (χ4v) is 5.25. The maximum absolute atomic E-state index is 5.74. The van der Waals surface area contributed by atoms with Crippen molar-refractivity contribution in [1.29, 1.82) is 0 Å². The standard InChI is InChI=1S/C27H40O/c1-3-5-21-28-27-19-13-24(14-20-27)8-7-23-11-17-26(18-12-23)25-15-9-22(6-4-2)10-16-25/h13-14,19-20,22-23,25-26H,3-6,9-12,15-18,21H2,1-2H3. The number of unbranched alkanes of at least 4 members (excludes halogenated alkanes) is 1. The van der Waals surface area contributed by atoms with Crippen LogP contribution in [-0.2, 0) is 0 Å². The summed E-state index contributed by atoms with van der Waals surface area (Å²) < 4.78 is 5.74. The van der Waals surface area contributed by atoms with Gasteiger partial charge in [-0.3, -0.25) is 0 Å². The summed E-state index contributed by atoms with van der Waals surface area (Å²) in [6.45, 7) is 5.34. The maximum atomic E-state index is 5.74. The Bertz CT molecular complexity index is 604. The van der Waals surface area contributed by atoms with E-state index in [1.807, 2.05) is 0 Å². The highest BCUT2D eigenvalue weighted by molar-refractivity contribution is 5.38. The van der Waals surface area contributed by atoms with E-state index in [1.165, 1.54) is 70.6 Å². The molecule has 3 rings (SSSR count). The SMILES string of the molecule is CCCCOc1ccc(C#CC2CCC(C3CCC(CCC)CC3)CC2)cc1. The molecule has 0 bridgehead atoms. The van der Waals surface area contributed by atoms with E-state index >= 15 is 0 Å². The molecule has 0 unspecified atom stereocenters.